The molecule has 1 atom stereocenters. The number of rotatable bonds is 9. The van der Waals surface area contributed by atoms with E-state index >= 15 is 0 Å². The number of carboxylic acids is 4. The lowest BCUT2D eigenvalue weighted by Gasteiger charge is -2.32. The monoisotopic (exact) mass is 516 g/mol. The van der Waals surface area contributed by atoms with Crippen LogP contribution in [0.25, 0.3) is 0 Å². The van der Waals surface area contributed by atoms with Gasteiger partial charge in [0, 0.05) is 61.1 Å². The van der Waals surface area contributed by atoms with Crippen molar-refractivity contribution < 1.29 is 49.1 Å². The topological polar surface area (TPSA) is 197 Å². The maximum atomic E-state index is 9.55. The summed E-state index contributed by atoms with van der Waals surface area (Å²) < 4.78 is 11.2. The van der Waals surface area contributed by atoms with Gasteiger partial charge in [-0.3, -0.25) is 4.90 Å². The summed E-state index contributed by atoms with van der Waals surface area (Å²) in [7, 11) is 0. The minimum atomic E-state index is -1.26. The molecule has 12 nitrogen and oxygen atoms in total. The highest BCUT2D eigenvalue weighted by Crippen LogP contribution is 2.25. The predicted octanol–water partition coefficient (Wildman–Crippen LogP) is 1.32. The Bertz CT molecular complexity index is 838. The highest BCUT2D eigenvalue weighted by atomic mass is 35.5. The van der Waals surface area contributed by atoms with E-state index in [2.05, 4.69) is 4.90 Å². The van der Waals surface area contributed by atoms with Gasteiger partial charge in [0.2, 0.25) is 0 Å². The lowest BCUT2D eigenvalue weighted by molar-refractivity contribution is -0.134. The van der Waals surface area contributed by atoms with Crippen LogP contribution in [0.15, 0.2) is 42.5 Å². The Hall–Kier alpha value is -3.45. The Kier molecular flexibility index (Phi) is 16.2. The molecule has 6 N–H and O–H groups in total. The second-order valence-corrected chi connectivity index (χ2v) is 7.10. The molecule has 35 heavy (non-hydrogen) atoms. The molecule has 0 amide bonds. The molecule has 0 saturated carbocycles. The van der Waals surface area contributed by atoms with Gasteiger partial charge in [0.1, 0.15) is 5.75 Å². The van der Waals surface area contributed by atoms with Crippen LogP contribution in [0.2, 0.25) is 5.02 Å². The smallest absolute Gasteiger partial charge is 0.328 e. The number of morpholine rings is 1. The summed E-state index contributed by atoms with van der Waals surface area (Å²) >= 11 is 6.07. The van der Waals surface area contributed by atoms with Crippen molar-refractivity contribution in [3.8, 4) is 5.75 Å². The fourth-order valence-corrected chi connectivity index (χ4v) is 2.76. The van der Waals surface area contributed by atoms with Crippen LogP contribution in [0, 0.1) is 0 Å². The molecule has 0 bridgehead atoms. The average Bonchev–Trinajstić information content (AvgIpc) is 2.79. The van der Waals surface area contributed by atoms with E-state index in [1.165, 1.54) is 0 Å². The molecule has 2 rings (SSSR count). The Balaban J connectivity index is 0.000000601. The summed E-state index contributed by atoms with van der Waals surface area (Å²) in [5, 5.41) is 32.0. The predicted molar refractivity (Wildman–Crippen MR) is 126 cm³/mol. The van der Waals surface area contributed by atoms with Gasteiger partial charge < -0.3 is 35.6 Å². The number of aliphatic carboxylic acids is 4. The number of nitrogens with zero attached hydrogens (tertiary/aromatic N) is 1. The third kappa shape index (κ3) is 16.8. The van der Waals surface area contributed by atoms with E-state index in [9.17, 15) is 19.2 Å². The van der Waals surface area contributed by atoms with Crippen LogP contribution in [0.1, 0.15) is 12.5 Å². The van der Waals surface area contributed by atoms with Crippen molar-refractivity contribution in [1.29, 1.82) is 0 Å². The fraction of sp³-hybridized carbons (Fsp3) is 0.364. The number of nitrogens with two attached hydrogens (primary N) is 1. The van der Waals surface area contributed by atoms with E-state index in [0.29, 0.717) is 37.5 Å². The molecule has 0 spiro atoms. The number of carbonyl (C=O) groups is 4. The van der Waals surface area contributed by atoms with Gasteiger partial charge in [0.15, 0.2) is 0 Å². The minimum Gasteiger partial charge on any atom is -0.494 e. The maximum absolute atomic E-state index is 9.55. The first kappa shape index (κ1) is 31.6. The second-order valence-electron chi connectivity index (χ2n) is 6.67. The largest absolute Gasteiger partial charge is 0.494 e. The molecule has 1 heterocycles. The zero-order valence-corrected chi connectivity index (χ0v) is 19.8. The van der Waals surface area contributed by atoms with Gasteiger partial charge in [-0.2, -0.15) is 0 Å². The first-order valence-electron chi connectivity index (χ1n) is 10.2. The van der Waals surface area contributed by atoms with Crippen LogP contribution in [-0.2, 0) is 30.5 Å². The first-order chi connectivity index (χ1) is 16.5. The highest BCUT2D eigenvalue weighted by Gasteiger charge is 2.20. The molecule has 1 aliphatic heterocycles. The van der Waals surface area contributed by atoms with Crippen molar-refractivity contribution in [3.05, 3.63) is 53.1 Å². The van der Waals surface area contributed by atoms with Gasteiger partial charge in [-0.15, -0.1) is 0 Å². The zero-order chi connectivity index (χ0) is 26.8. The Labute approximate surface area is 206 Å². The molecule has 0 unspecified atom stereocenters. The van der Waals surface area contributed by atoms with Crippen LogP contribution < -0.4 is 10.5 Å². The molecule has 0 radical (unpaired) electrons. The minimum absolute atomic E-state index is 0.128. The van der Waals surface area contributed by atoms with E-state index in [-0.39, 0.29) is 6.10 Å². The molecule has 1 aromatic carbocycles. The normalized spacial score (nSPS) is 15.5. The molecule has 13 heteroatoms. The van der Waals surface area contributed by atoms with Crippen molar-refractivity contribution in [2.75, 3.05) is 32.8 Å². The van der Waals surface area contributed by atoms with Crippen molar-refractivity contribution >= 4 is 35.5 Å². The number of benzene rings is 1. The Morgan fingerprint density at radius 1 is 1.06 bits per heavy atom. The number of ether oxygens (including phenoxy) is 2. The summed E-state index contributed by atoms with van der Waals surface area (Å²) in [4.78, 5) is 40.5. The van der Waals surface area contributed by atoms with Crippen LogP contribution in [0.3, 0.4) is 0 Å². The molecule has 1 aliphatic rings. The molecule has 0 aliphatic carbocycles. The molecule has 194 valence electrons. The van der Waals surface area contributed by atoms with Crippen LogP contribution in [-0.4, -0.2) is 88.2 Å². The maximum Gasteiger partial charge on any atom is 0.328 e. The standard InChI is InChI=1S/C14H21ClN2O2.2C4H4O4/c1-2-18-14-4-3-12(15)7-11(14)9-17-5-6-19-13(8-16)10-17;2*5-3(6)1-2-4(7)8/h3-4,7,13H,2,5-6,8-10,16H2,1H3;2*1-2H,(H,5,6)(H,7,8)/b;2*2-1+/t13-;;/m0../s1. The van der Waals surface area contributed by atoms with Gasteiger partial charge in [-0.1, -0.05) is 11.6 Å². The molecule has 0 aromatic heterocycles. The van der Waals surface area contributed by atoms with E-state index < -0.39 is 23.9 Å². The van der Waals surface area contributed by atoms with Crippen LogP contribution >= 0.6 is 11.6 Å². The summed E-state index contributed by atoms with van der Waals surface area (Å²) in [6, 6.07) is 5.76. The summed E-state index contributed by atoms with van der Waals surface area (Å²) in [5.41, 5.74) is 6.78. The quantitative estimate of drug-likeness (QED) is 0.295. The van der Waals surface area contributed by atoms with Gasteiger partial charge in [0.25, 0.3) is 0 Å². The number of halogens is 1. The van der Waals surface area contributed by atoms with Crippen LogP contribution in [0.5, 0.6) is 5.75 Å². The summed E-state index contributed by atoms with van der Waals surface area (Å²) in [5.74, 6) is -4.12. The summed E-state index contributed by atoms with van der Waals surface area (Å²) in [6.45, 7) is 6.51. The van der Waals surface area contributed by atoms with Crippen molar-refractivity contribution in [2.24, 2.45) is 5.73 Å². The summed E-state index contributed by atoms with van der Waals surface area (Å²) in [6.07, 6.45) is 2.36. The third-order valence-corrected chi connectivity index (χ3v) is 4.17. The van der Waals surface area contributed by atoms with Crippen molar-refractivity contribution in [3.63, 3.8) is 0 Å². The van der Waals surface area contributed by atoms with E-state index in [1.54, 1.807) is 0 Å². The zero-order valence-electron chi connectivity index (χ0n) is 19.0. The average molecular weight is 517 g/mol. The Morgan fingerprint density at radius 3 is 2.00 bits per heavy atom. The molecule has 1 saturated heterocycles. The number of carboxylic acid groups (broad SMARTS) is 4. The lowest BCUT2D eigenvalue weighted by atomic mass is 10.1. The van der Waals surface area contributed by atoms with Gasteiger partial charge in [-0.25, -0.2) is 19.2 Å². The fourth-order valence-electron chi connectivity index (χ4n) is 2.56. The Morgan fingerprint density at radius 2 is 1.57 bits per heavy atom. The van der Waals surface area contributed by atoms with Gasteiger partial charge in [-0.05, 0) is 25.1 Å². The van der Waals surface area contributed by atoms with Crippen molar-refractivity contribution in [2.45, 2.75) is 19.6 Å². The van der Waals surface area contributed by atoms with E-state index in [0.717, 1.165) is 42.6 Å². The van der Waals surface area contributed by atoms with Gasteiger partial charge in [0.05, 0.1) is 19.3 Å². The second kappa shape index (κ2) is 18.0. The highest BCUT2D eigenvalue weighted by molar-refractivity contribution is 6.30. The van der Waals surface area contributed by atoms with E-state index in [1.807, 2.05) is 25.1 Å². The molecular weight excluding hydrogens is 488 g/mol. The SMILES string of the molecule is CCOc1ccc(Cl)cc1CN1CCO[C@@H](CN)C1.O=C(O)/C=C/C(=O)O.O=C(O)/C=C/C(=O)O. The molecule has 1 fully saturated rings. The molecule has 1 aromatic rings. The number of hydrogen-bond donors (Lipinski definition) is 5. The lowest BCUT2D eigenvalue weighted by Crippen LogP contribution is -2.45. The van der Waals surface area contributed by atoms with Crippen molar-refractivity contribution in [1.82, 2.24) is 4.90 Å². The first-order valence-corrected chi connectivity index (χ1v) is 10.6. The van der Waals surface area contributed by atoms with Gasteiger partial charge >= 0.3 is 23.9 Å². The number of hydrogen-bond acceptors (Lipinski definition) is 8. The van der Waals surface area contributed by atoms with Crippen LogP contribution in [0.4, 0.5) is 0 Å². The third-order valence-electron chi connectivity index (χ3n) is 3.94. The molecular formula is C22H29ClN2O10. The van der Waals surface area contributed by atoms with E-state index in [4.69, 9.17) is 47.2 Å².